The van der Waals surface area contributed by atoms with E-state index in [1.165, 1.54) is 6.08 Å². The second-order valence-electron chi connectivity index (χ2n) is 6.14. The summed E-state index contributed by atoms with van der Waals surface area (Å²) in [6.45, 7) is 4.61. The van der Waals surface area contributed by atoms with E-state index in [2.05, 4.69) is 11.1 Å². The van der Waals surface area contributed by atoms with Gasteiger partial charge in [0.1, 0.15) is 24.1 Å². The lowest BCUT2D eigenvalue weighted by Crippen LogP contribution is -2.10. The van der Waals surface area contributed by atoms with E-state index in [9.17, 15) is 10.1 Å². The number of carboxylic acid groups (broad SMARTS) is 1. The Kier molecular flexibility index (Phi) is 5.23. The average molecular weight is 361 g/mol. The number of hydrogen-bond donors (Lipinski definition) is 1. The number of para-hydroxylation sites is 1. The van der Waals surface area contributed by atoms with Crippen LogP contribution in [0.4, 0.5) is 0 Å². The standard InChI is InChI=1S/C21H19N3O3/c1-14-12-15(2)23-21-20(14)17(13-22)18(8-9-19(25)26)24(21)10-11-27-16-6-4-3-5-7-16/h3-9,12H,10-11H2,1-2H3,(H,25,26). The summed E-state index contributed by atoms with van der Waals surface area (Å²) in [5, 5.41) is 19.4. The highest BCUT2D eigenvalue weighted by Gasteiger charge is 2.19. The second-order valence-corrected chi connectivity index (χ2v) is 6.14. The minimum Gasteiger partial charge on any atom is -0.492 e. The van der Waals surface area contributed by atoms with Crippen LogP contribution in [0.2, 0.25) is 0 Å². The Bertz CT molecular complexity index is 1060. The van der Waals surface area contributed by atoms with Crippen LogP contribution < -0.4 is 4.74 Å². The van der Waals surface area contributed by atoms with Gasteiger partial charge in [0.05, 0.1) is 17.8 Å². The number of aromatic nitrogens is 2. The molecule has 0 saturated heterocycles. The highest BCUT2D eigenvalue weighted by atomic mass is 16.5. The zero-order valence-corrected chi connectivity index (χ0v) is 15.1. The van der Waals surface area contributed by atoms with Crippen molar-refractivity contribution in [3.8, 4) is 11.8 Å². The number of aliphatic carboxylic acids is 1. The molecule has 0 radical (unpaired) electrons. The van der Waals surface area contributed by atoms with Gasteiger partial charge >= 0.3 is 5.97 Å². The Morgan fingerprint density at radius 2 is 2.07 bits per heavy atom. The molecule has 2 aromatic heterocycles. The zero-order chi connectivity index (χ0) is 19.4. The largest absolute Gasteiger partial charge is 0.492 e. The van der Waals surface area contributed by atoms with Crippen molar-refractivity contribution in [1.29, 1.82) is 5.26 Å². The van der Waals surface area contributed by atoms with Gasteiger partial charge in [-0.2, -0.15) is 5.26 Å². The Balaban J connectivity index is 2.06. The molecular formula is C21H19N3O3. The van der Waals surface area contributed by atoms with Gasteiger partial charge in [-0.3, -0.25) is 0 Å². The number of ether oxygens (including phenoxy) is 1. The molecule has 0 aliphatic rings. The Morgan fingerprint density at radius 3 is 2.74 bits per heavy atom. The zero-order valence-electron chi connectivity index (χ0n) is 15.1. The van der Waals surface area contributed by atoms with Crippen molar-refractivity contribution in [1.82, 2.24) is 9.55 Å². The molecular weight excluding hydrogens is 342 g/mol. The van der Waals surface area contributed by atoms with Crippen LogP contribution >= 0.6 is 0 Å². The summed E-state index contributed by atoms with van der Waals surface area (Å²) in [6, 6.07) is 13.6. The number of fused-ring (bicyclic) bond motifs is 1. The van der Waals surface area contributed by atoms with E-state index >= 15 is 0 Å². The Hall–Kier alpha value is -3.59. The third-order valence-corrected chi connectivity index (χ3v) is 4.20. The van der Waals surface area contributed by atoms with E-state index in [-0.39, 0.29) is 0 Å². The highest BCUT2D eigenvalue weighted by Crippen LogP contribution is 2.29. The van der Waals surface area contributed by atoms with Crippen LogP contribution in [-0.4, -0.2) is 27.2 Å². The lowest BCUT2D eigenvalue weighted by atomic mass is 10.1. The fourth-order valence-electron chi connectivity index (χ4n) is 3.13. The maximum atomic E-state index is 11.0. The molecule has 1 N–H and O–H groups in total. The van der Waals surface area contributed by atoms with Crippen LogP contribution in [0.15, 0.2) is 42.5 Å². The molecule has 27 heavy (non-hydrogen) atoms. The molecule has 2 heterocycles. The molecule has 6 nitrogen and oxygen atoms in total. The first-order valence-corrected chi connectivity index (χ1v) is 8.50. The first-order chi connectivity index (χ1) is 13.0. The minimum atomic E-state index is -1.07. The van der Waals surface area contributed by atoms with Crippen molar-refractivity contribution in [2.75, 3.05) is 6.61 Å². The van der Waals surface area contributed by atoms with Gasteiger partial charge in [0, 0.05) is 17.2 Å². The summed E-state index contributed by atoms with van der Waals surface area (Å²) < 4.78 is 7.61. The monoisotopic (exact) mass is 361 g/mol. The third kappa shape index (κ3) is 3.82. The number of pyridine rings is 1. The SMILES string of the molecule is Cc1cc(C)c2c(C#N)c(C=CC(=O)O)n(CCOc3ccccc3)c2n1. The maximum Gasteiger partial charge on any atom is 0.328 e. The Labute approximate surface area is 157 Å². The van der Waals surface area contributed by atoms with Crippen molar-refractivity contribution in [2.24, 2.45) is 0 Å². The maximum absolute atomic E-state index is 11.0. The van der Waals surface area contributed by atoms with E-state index < -0.39 is 5.97 Å². The van der Waals surface area contributed by atoms with Crippen LogP contribution in [0.1, 0.15) is 22.5 Å². The topological polar surface area (TPSA) is 88.1 Å². The molecule has 0 aliphatic heterocycles. The van der Waals surface area contributed by atoms with E-state index in [0.29, 0.717) is 30.1 Å². The van der Waals surface area contributed by atoms with Crippen LogP contribution in [0, 0.1) is 25.2 Å². The molecule has 136 valence electrons. The van der Waals surface area contributed by atoms with E-state index in [1.807, 2.05) is 54.8 Å². The van der Waals surface area contributed by atoms with Gasteiger partial charge in [-0.1, -0.05) is 18.2 Å². The molecule has 0 bridgehead atoms. The van der Waals surface area contributed by atoms with Gasteiger partial charge in [-0.25, -0.2) is 9.78 Å². The van der Waals surface area contributed by atoms with Crippen molar-refractivity contribution < 1.29 is 14.6 Å². The lowest BCUT2D eigenvalue weighted by Gasteiger charge is -2.10. The van der Waals surface area contributed by atoms with Crippen molar-refractivity contribution in [3.63, 3.8) is 0 Å². The van der Waals surface area contributed by atoms with Gasteiger partial charge in [-0.15, -0.1) is 0 Å². The average Bonchev–Trinajstić information content (AvgIpc) is 2.94. The molecule has 0 amide bonds. The number of carbonyl (C=O) groups is 1. The van der Waals surface area contributed by atoms with Gasteiger partial charge in [0.2, 0.25) is 0 Å². The summed E-state index contributed by atoms with van der Waals surface area (Å²) in [5.41, 5.74) is 3.37. The van der Waals surface area contributed by atoms with E-state index in [4.69, 9.17) is 9.84 Å². The predicted molar refractivity (Wildman–Crippen MR) is 103 cm³/mol. The number of hydrogen-bond acceptors (Lipinski definition) is 4. The summed E-state index contributed by atoms with van der Waals surface area (Å²) in [7, 11) is 0. The molecule has 6 heteroatoms. The van der Waals surface area contributed by atoms with Crippen LogP contribution in [0.3, 0.4) is 0 Å². The van der Waals surface area contributed by atoms with Crippen molar-refractivity contribution >= 4 is 23.1 Å². The van der Waals surface area contributed by atoms with Crippen molar-refractivity contribution in [2.45, 2.75) is 20.4 Å². The molecule has 0 spiro atoms. The second kappa shape index (κ2) is 7.75. The summed E-state index contributed by atoms with van der Waals surface area (Å²) >= 11 is 0. The number of nitrogens with zero attached hydrogens (tertiary/aromatic N) is 3. The minimum absolute atomic E-state index is 0.362. The molecule has 0 atom stereocenters. The number of nitriles is 1. The van der Waals surface area contributed by atoms with Gasteiger partial charge in [-0.05, 0) is 43.7 Å². The quantitative estimate of drug-likeness (QED) is 0.676. The number of aryl methyl sites for hydroxylation is 2. The van der Waals surface area contributed by atoms with Crippen LogP contribution in [0.25, 0.3) is 17.1 Å². The highest BCUT2D eigenvalue weighted by molar-refractivity contribution is 5.93. The number of rotatable bonds is 6. The van der Waals surface area contributed by atoms with Crippen LogP contribution in [0.5, 0.6) is 5.75 Å². The molecule has 0 saturated carbocycles. The first kappa shape index (κ1) is 18.2. The number of benzene rings is 1. The normalized spacial score (nSPS) is 11.0. The summed E-state index contributed by atoms with van der Waals surface area (Å²) in [6.07, 6.45) is 2.48. The van der Waals surface area contributed by atoms with Crippen molar-refractivity contribution in [3.05, 3.63) is 65.0 Å². The Morgan fingerprint density at radius 1 is 1.33 bits per heavy atom. The lowest BCUT2D eigenvalue weighted by molar-refractivity contribution is -0.131. The van der Waals surface area contributed by atoms with E-state index in [1.54, 1.807) is 0 Å². The van der Waals surface area contributed by atoms with Crippen LogP contribution in [-0.2, 0) is 11.3 Å². The fourth-order valence-corrected chi connectivity index (χ4v) is 3.13. The molecule has 0 fully saturated rings. The first-order valence-electron chi connectivity index (χ1n) is 8.50. The van der Waals surface area contributed by atoms with Gasteiger partial charge in [0.15, 0.2) is 0 Å². The molecule has 0 aliphatic carbocycles. The van der Waals surface area contributed by atoms with Gasteiger partial charge in [0.25, 0.3) is 0 Å². The predicted octanol–water partition coefficient (Wildman–Crippen LogP) is 3.70. The molecule has 3 rings (SSSR count). The summed E-state index contributed by atoms with van der Waals surface area (Å²) in [5.74, 6) is -0.325. The van der Waals surface area contributed by atoms with Gasteiger partial charge < -0.3 is 14.4 Å². The fraction of sp³-hybridized carbons (Fsp3) is 0.190. The molecule has 0 unspecified atom stereocenters. The van der Waals surface area contributed by atoms with E-state index in [0.717, 1.165) is 28.5 Å². The smallest absolute Gasteiger partial charge is 0.328 e. The molecule has 3 aromatic rings. The summed E-state index contributed by atoms with van der Waals surface area (Å²) in [4.78, 5) is 15.6. The number of carboxylic acids is 1. The molecule has 1 aromatic carbocycles. The third-order valence-electron chi connectivity index (χ3n) is 4.20.